The first-order valence-electron chi connectivity index (χ1n) is 8.23. The maximum absolute atomic E-state index is 12.3. The van der Waals surface area contributed by atoms with E-state index in [0.717, 1.165) is 5.56 Å². The molecule has 2 N–H and O–H groups in total. The van der Waals surface area contributed by atoms with Crippen LogP contribution in [0, 0.1) is 0 Å². The lowest BCUT2D eigenvalue weighted by Crippen LogP contribution is -2.40. The Hall–Kier alpha value is -2.45. The predicted octanol–water partition coefficient (Wildman–Crippen LogP) is 1.85. The zero-order valence-electron chi connectivity index (χ0n) is 15.0. The third kappa shape index (κ3) is 5.82. The molecule has 2 aromatic rings. The number of hydrogen-bond donors (Lipinski definition) is 2. The van der Waals surface area contributed by atoms with E-state index in [1.165, 1.54) is 24.3 Å². The second-order valence-corrected chi connectivity index (χ2v) is 7.84. The van der Waals surface area contributed by atoms with Gasteiger partial charge in [-0.05, 0) is 62.7 Å². The van der Waals surface area contributed by atoms with Crippen molar-refractivity contribution in [2.24, 2.45) is 0 Å². The molecule has 0 aliphatic carbocycles. The molecule has 1 amide bonds. The molecule has 0 saturated heterocycles. The Morgan fingerprint density at radius 3 is 2.27 bits per heavy atom. The van der Waals surface area contributed by atoms with E-state index in [-0.39, 0.29) is 23.4 Å². The smallest absolute Gasteiger partial charge is 0.260 e. The molecule has 1 unspecified atom stereocenters. The molecule has 0 fully saturated rings. The monoisotopic (exact) mass is 377 g/mol. The van der Waals surface area contributed by atoms with Crippen LogP contribution < -0.4 is 14.8 Å². The lowest BCUT2D eigenvalue weighted by atomic mass is 10.3. The fourth-order valence-electron chi connectivity index (χ4n) is 2.12. The summed E-state index contributed by atoms with van der Waals surface area (Å²) < 4.78 is 32.7. The molecule has 1 aromatic carbocycles. The molecule has 0 aliphatic rings. The van der Waals surface area contributed by atoms with E-state index in [2.05, 4.69) is 15.0 Å². The number of nitrogens with one attached hydrogen (secondary N) is 2. The van der Waals surface area contributed by atoms with E-state index in [0.29, 0.717) is 5.75 Å². The minimum absolute atomic E-state index is 0.0209. The Bertz CT molecular complexity index is 821. The number of pyridine rings is 1. The maximum atomic E-state index is 12.3. The molecule has 140 valence electrons. The lowest BCUT2D eigenvalue weighted by Gasteiger charge is -2.16. The molecule has 1 heterocycles. The molecular formula is C18H23N3O4S. The second-order valence-electron chi connectivity index (χ2n) is 6.07. The Labute approximate surface area is 153 Å². The average molecular weight is 377 g/mol. The number of rotatable bonds is 8. The summed E-state index contributed by atoms with van der Waals surface area (Å²) in [6.45, 7) is 5.54. The van der Waals surface area contributed by atoms with Gasteiger partial charge in [0.2, 0.25) is 10.0 Å². The van der Waals surface area contributed by atoms with E-state index in [1.54, 1.807) is 31.5 Å². The van der Waals surface area contributed by atoms with Gasteiger partial charge in [0.05, 0.1) is 4.90 Å². The van der Waals surface area contributed by atoms with Gasteiger partial charge < -0.3 is 10.1 Å². The van der Waals surface area contributed by atoms with E-state index < -0.39 is 16.1 Å². The number of hydrogen-bond acceptors (Lipinski definition) is 5. The first-order valence-corrected chi connectivity index (χ1v) is 9.72. The molecule has 0 saturated carbocycles. The summed E-state index contributed by atoms with van der Waals surface area (Å²) in [4.78, 5) is 15.9. The van der Waals surface area contributed by atoms with Crippen molar-refractivity contribution in [3.05, 3.63) is 54.4 Å². The van der Waals surface area contributed by atoms with Crippen LogP contribution in [-0.2, 0) is 21.4 Å². The highest BCUT2D eigenvalue weighted by Gasteiger charge is 2.17. The molecule has 1 atom stereocenters. The molecular weight excluding hydrogens is 354 g/mol. The molecule has 0 aliphatic heterocycles. The number of amides is 1. The van der Waals surface area contributed by atoms with Crippen molar-refractivity contribution in [1.82, 2.24) is 15.0 Å². The summed E-state index contributed by atoms with van der Waals surface area (Å²) >= 11 is 0. The Balaban J connectivity index is 1.98. The van der Waals surface area contributed by atoms with Gasteiger partial charge in [-0.1, -0.05) is 0 Å². The van der Waals surface area contributed by atoms with Gasteiger partial charge in [0.25, 0.3) is 5.91 Å². The first kappa shape index (κ1) is 19.9. The summed E-state index contributed by atoms with van der Waals surface area (Å²) in [5.41, 5.74) is 0.813. The SMILES string of the molecule is CC(C)NC(=O)C(C)Oc1ccc(S(=O)(=O)NCc2ccncc2)cc1. The fraction of sp³-hybridized carbons (Fsp3) is 0.333. The Morgan fingerprint density at radius 1 is 1.08 bits per heavy atom. The van der Waals surface area contributed by atoms with Crippen LogP contribution in [-0.4, -0.2) is 31.5 Å². The predicted molar refractivity (Wildman–Crippen MR) is 98.1 cm³/mol. The van der Waals surface area contributed by atoms with Gasteiger partial charge in [-0.15, -0.1) is 0 Å². The number of ether oxygens (including phenoxy) is 1. The second kappa shape index (κ2) is 8.77. The zero-order chi connectivity index (χ0) is 19.2. The lowest BCUT2D eigenvalue weighted by molar-refractivity contribution is -0.127. The topological polar surface area (TPSA) is 97.4 Å². The van der Waals surface area contributed by atoms with Crippen molar-refractivity contribution in [2.75, 3.05) is 0 Å². The molecule has 0 radical (unpaired) electrons. The van der Waals surface area contributed by atoms with Crippen molar-refractivity contribution in [3.8, 4) is 5.75 Å². The third-order valence-electron chi connectivity index (χ3n) is 3.46. The Morgan fingerprint density at radius 2 is 1.69 bits per heavy atom. The highest BCUT2D eigenvalue weighted by atomic mass is 32.2. The van der Waals surface area contributed by atoms with E-state index in [1.807, 2.05) is 13.8 Å². The van der Waals surface area contributed by atoms with Gasteiger partial charge in [-0.3, -0.25) is 9.78 Å². The quantitative estimate of drug-likeness (QED) is 0.732. The number of nitrogens with zero attached hydrogens (tertiary/aromatic N) is 1. The van der Waals surface area contributed by atoms with Crippen molar-refractivity contribution in [2.45, 2.75) is 44.4 Å². The van der Waals surface area contributed by atoms with Gasteiger partial charge in [0.15, 0.2) is 6.10 Å². The number of aromatic nitrogens is 1. The van der Waals surface area contributed by atoms with Crippen LogP contribution >= 0.6 is 0 Å². The highest BCUT2D eigenvalue weighted by molar-refractivity contribution is 7.89. The van der Waals surface area contributed by atoms with E-state index in [9.17, 15) is 13.2 Å². The summed E-state index contributed by atoms with van der Waals surface area (Å²) in [7, 11) is -3.64. The van der Waals surface area contributed by atoms with E-state index in [4.69, 9.17) is 4.74 Å². The average Bonchev–Trinajstić information content (AvgIpc) is 2.61. The van der Waals surface area contributed by atoms with Crippen molar-refractivity contribution >= 4 is 15.9 Å². The van der Waals surface area contributed by atoms with Crippen molar-refractivity contribution in [3.63, 3.8) is 0 Å². The third-order valence-corrected chi connectivity index (χ3v) is 4.88. The summed E-state index contributed by atoms with van der Waals surface area (Å²) in [6.07, 6.45) is 2.53. The van der Waals surface area contributed by atoms with Crippen molar-refractivity contribution in [1.29, 1.82) is 0 Å². The fourth-order valence-corrected chi connectivity index (χ4v) is 3.14. The number of carbonyl (C=O) groups is 1. The molecule has 0 bridgehead atoms. The van der Waals surface area contributed by atoms with Gasteiger partial charge in [-0.2, -0.15) is 0 Å². The first-order chi connectivity index (χ1) is 12.3. The minimum atomic E-state index is -3.64. The number of sulfonamides is 1. The molecule has 1 aromatic heterocycles. The molecule has 8 heteroatoms. The van der Waals surface area contributed by atoms with Crippen LogP contribution in [0.5, 0.6) is 5.75 Å². The van der Waals surface area contributed by atoms with Gasteiger partial charge in [-0.25, -0.2) is 13.1 Å². The maximum Gasteiger partial charge on any atom is 0.260 e. The van der Waals surface area contributed by atoms with E-state index >= 15 is 0 Å². The van der Waals surface area contributed by atoms with Crippen LogP contribution in [0.3, 0.4) is 0 Å². The van der Waals surface area contributed by atoms with Gasteiger partial charge in [0, 0.05) is 25.0 Å². The van der Waals surface area contributed by atoms with Crippen molar-refractivity contribution < 1.29 is 17.9 Å². The molecule has 0 spiro atoms. The summed E-state index contributed by atoms with van der Waals surface area (Å²) in [6, 6.07) is 9.44. The zero-order valence-corrected chi connectivity index (χ0v) is 15.8. The molecule has 7 nitrogen and oxygen atoms in total. The minimum Gasteiger partial charge on any atom is -0.481 e. The van der Waals surface area contributed by atoms with Crippen LogP contribution in [0.4, 0.5) is 0 Å². The molecule has 26 heavy (non-hydrogen) atoms. The van der Waals surface area contributed by atoms with Gasteiger partial charge >= 0.3 is 0 Å². The summed E-state index contributed by atoms with van der Waals surface area (Å²) in [5, 5.41) is 2.76. The van der Waals surface area contributed by atoms with Gasteiger partial charge in [0.1, 0.15) is 5.75 Å². The number of carbonyl (C=O) groups excluding carboxylic acids is 1. The standard InChI is InChI=1S/C18H23N3O4S/c1-13(2)21-18(22)14(3)25-16-4-6-17(7-5-16)26(23,24)20-12-15-8-10-19-11-9-15/h4-11,13-14,20H,12H2,1-3H3,(H,21,22). The van der Waals surface area contributed by atoms with Crippen LogP contribution in [0.25, 0.3) is 0 Å². The normalized spacial score (nSPS) is 12.6. The Kier molecular flexibility index (Phi) is 6.70. The highest BCUT2D eigenvalue weighted by Crippen LogP contribution is 2.17. The molecule has 2 rings (SSSR count). The number of benzene rings is 1. The van der Waals surface area contributed by atoms with Crippen LogP contribution in [0.15, 0.2) is 53.7 Å². The van der Waals surface area contributed by atoms with Crippen LogP contribution in [0.2, 0.25) is 0 Å². The van der Waals surface area contributed by atoms with Crippen LogP contribution in [0.1, 0.15) is 26.3 Å². The summed E-state index contributed by atoms with van der Waals surface area (Å²) in [5.74, 6) is 0.195. The largest absolute Gasteiger partial charge is 0.481 e.